The summed E-state index contributed by atoms with van der Waals surface area (Å²) in [6.45, 7) is 3.52. The average Bonchev–Trinajstić information content (AvgIpc) is 3.37. The fourth-order valence-electron chi connectivity index (χ4n) is 3.09. The van der Waals surface area contributed by atoms with Crippen molar-refractivity contribution < 1.29 is 9.53 Å². The Balaban J connectivity index is 1.49. The Kier molecular flexibility index (Phi) is 4.25. The Hall–Kier alpha value is -2.28. The first-order valence-electron chi connectivity index (χ1n) is 8.43. The minimum absolute atomic E-state index is 0.0338. The van der Waals surface area contributed by atoms with Gasteiger partial charge in [-0.3, -0.25) is 4.79 Å². The van der Waals surface area contributed by atoms with Crippen LogP contribution < -0.4 is 0 Å². The Labute approximate surface area is 140 Å². The summed E-state index contributed by atoms with van der Waals surface area (Å²) >= 11 is 0. The molecule has 24 heavy (non-hydrogen) atoms. The molecule has 1 saturated carbocycles. The van der Waals surface area contributed by atoms with Gasteiger partial charge in [0.25, 0.3) is 5.91 Å². The number of hydrogen-bond acceptors (Lipinski definition) is 5. The Morgan fingerprint density at radius 1 is 1.17 bits per heavy atom. The minimum Gasteiger partial charge on any atom is -0.381 e. The standard InChI is InChI=1S/C17H21N5O2/c23-17(15-3-4-19-20-7-15)22-9-14(12-24-11-13-1-2-13)8-21-6-5-18-16(21)10-22/h3-7,13-14H,1-2,8-12H2/t14-/m1/s1. The Bertz CT molecular complexity index is 698. The lowest BCUT2D eigenvalue weighted by atomic mass is 10.1. The molecule has 126 valence electrons. The van der Waals surface area contributed by atoms with Gasteiger partial charge >= 0.3 is 0 Å². The van der Waals surface area contributed by atoms with E-state index in [2.05, 4.69) is 19.7 Å². The zero-order valence-corrected chi connectivity index (χ0v) is 13.5. The molecule has 1 atom stereocenters. The van der Waals surface area contributed by atoms with E-state index in [-0.39, 0.29) is 11.8 Å². The highest BCUT2D eigenvalue weighted by Crippen LogP contribution is 2.29. The number of ether oxygens (including phenoxy) is 1. The first-order valence-corrected chi connectivity index (χ1v) is 8.43. The lowest BCUT2D eigenvalue weighted by Gasteiger charge is -2.24. The molecule has 0 spiro atoms. The molecule has 0 radical (unpaired) electrons. The molecule has 7 heteroatoms. The van der Waals surface area contributed by atoms with Crippen LogP contribution in [0.1, 0.15) is 29.0 Å². The van der Waals surface area contributed by atoms with Gasteiger partial charge in [-0.2, -0.15) is 10.2 Å². The van der Waals surface area contributed by atoms with Crippen molar-refractivity contribution in [3.63, 3.8) is 0 Å². The van der Waals surface area contributed by atoms with E-state index in [1.165, 1.54) is 19.0 Å². The highest BCUT2D eigenvalue weighted by molar-refractivity contribution is 5.93. The van der Waals surface area contributed by atoms with Crippen molar-refractivity contribution >= 4 is 5.91 Å². The number of amides is 1. The normalized spacial score (nSPS) is 20.5. The van der Waals surface area contributed by atoms with Gasteiger partial charge in [0.2, 0.25) is 0 Å². The van der Waals surface area contributed by atoms with Crippen LogP contribution in [0.4, 0.5) is 0 Å². The van der Waals surface area contributed by atoms with E-state index in [4.69, 9.17) is 4.74 Å². The van der Waals surface area contributed by atoms with Gasteiger partial charge < -0.3 is 14.2 Å². The summed E-state index contributed by atoms with van der Waals surface area (Å²) in [6, 6.07) is 1.70. The van der Waals surface area contributed by atoms with E-state index in [1.807, 2.05) is 11.1 Å². The summed E-state index contributed by atoms with van der Waals surface area (Å²) in [7, 11) is 0. The molecule has 3 heterocycles. The first kappa shape index (κ1) is 15.3. The molecule has 0 saturated heterocycles. The summed E-state index contributed by atoms with van der Waals surface area (Å²) in [5.74, 6) is 1.89. The van der Waals surface area contributed by atoms with Gasteiger partial charge in [-0.15, -0.1) is 0 Å². The molecule has 1 aliphatic heterocycles. The van der Waals surface area contributed by atoms with Gasteiger partial charge in [-0.05, 0) is 24.8 Å². The number of carbonyl (C=O) groups excluding carboxylic acids is 1. The van der Waals surface area contributed by atoms with Crippen LogP contribution >= 0.6 is 0 Å². The third kappa shape index (κ3) is 3.46. The molecule has 2 aromatic heterocycles. The minimum atomic E-state index is -0.0338. The van der Waals surface area contributed by atoms with Gasteiger partial charge in [0.15, 0.2) is 0 Å². The van der Waals surface area contributed by atoms with E-state index >= 15 is 0 Å². The van der Waals surface area contributed by atoms with Crippen molar-refractivity contribution in [3.05, 3.63) is 42.2 Å². The molecule has 4 rings (SSSR count). The van der Waals surface area contributed by atoms with Crippen molar-refractivity contribution in [1.82, 2.24) is 24.6 Å². The molecule has 2 aromatic rings. The molecule has 2 aliphatic rings. The molecule has 1 amide bonds. The van der Waals surface area contributed by atoms with Crippen molar-refractivity contribution in [2.45, 2.75) is 25.9 Å². The average molecular weight is 327 g/mol. The van der Waals surface area contributed by atoms with Crippen LogP contribution in [0.3, 0.4) is 0 Å². The second-order valence-electron chi connectivity index (χ2n) is 6.66. The molecular weight excluding hydrogens is 306 g/mol. The maximum atomic E-state index is 12.8. The molecule has 0 unspecified atom stereocenters. The van der Waals surface area contributed by atoms with Crippen LogP contribution in [-0.2, 0) is 17.8 Å². The molecule has 0 bridgehead atoms. The predicted molar refractivity (Wildman–Crippen MR) is 86.0 cm³/mol. The number of carbonyl (C=O) groups is 1. The van der Waals surface area contributed by atoms with Crippen molar-refractivity contribution in [2.24, 2.45) is 11.8 Å². The molecule has 0 aromatic carbocycles. The van der Waals surface area contributed by atoms with Crippen LogP contribution in [0, 0.1) is 11.8 Å². The highest BCUT2D eigenvalue weighted by atomic mass is 16.5. The molecule has 0 N–H and O–H groups in total. The largest absolute Gasteiger partial charge is 0.381 e. The SMILES string of the molecule is O=C(c1ccnnc1)N1Cc2nccn2C[C@@H](COCC2CC2)C1. The van der Waals surface area contributed by atoms with Gasteiger partial charge in [0.05, 0.1) is 31.1 Å². The lowest BCUT2D eigenvalue weighted by molar-refractivity contribution is 0.0571. The topological polar surface area (TPSA) is 73.1 Å². The number of hydrogen-bond donors (Lipinski definition) is 0. The van der Waals surface area contributed by atoms with Crippen LogP contribution in [0.5, 0.6) is 0 Å². The van der Waals surface area contributed by atoms with Crippen LogP contribution in [0.2, 0.25) is 0 Å². The quantitative estimate of drug-likeness (QED) is 0.829. The smallest absolute Gasteiger partial charge is 0.255 e. The molecule has 7 nitrogen and oxygen atoms in total. The second-order valence-corrected chi connectivity index (χ2v) is 6.66. The molecule has 1 aliphatic carbocycles. The van der Waals surface area contributed by atoms with E-state index in [1.54, 1.807) is 18.5 Å². The summed E-state index contributed by atoms with van der Waals surface area (Å²) < 4.78 is 8.01. The first-order chi connectivity index (χ1) is 11.8. The van der Waals surface area contributed by atoms with Crippen LogP contribution in [0.15, 0.2) is 30.9 Å². The summed E-state index contributed by atoms with van der Waals surface area (Å²) in [4.78, 5) is 19.0. The lowest BCUT2D eigenvalue weighted by Crippen LogP contribution is -2.35. The van der Waals surface area contributed by atoms with Crippen molar-refractivity contribution in [3.8, 4) is 0 Å². The summed E-state index contributed by atoms with van der Waals surface area (Å²) in [5, 5.41) is 7.55. The van der Waals surface area contributed by atoms with Gasteiger partial charge in [-0.25, -0.2) is 4.98 Å². The van der Waals surface area contributed by atoms with Crippen molar-refractivity contribution in [2.75, 3.05) is 19.8 Å². The highest BCUT2D eigenvalue weighted by Gasteiger charge is 2.27. The third-order valence-corrected chi connectivity index (χ3v) is 4.59. The molecular formula is C17H21N5O2. The number of nitrogens with zero attached hydrogens (tertiary/aromatic N) is 5. The number of imidazole rings is 1. The van der Waals surface area contributed by atoms with Crippen LogP contribution in [0.25, 0.3) is 0 Å². The van der Waals surface area contributed by atoms with E-state index < -0.39 is 0 Å². The monoisotopic (exact) mass is 327 g/mol. The van der Waals surface area contributed by atoms with Gasteiger partial charge in [-0.1, -0.05) is 0 Å². The fraction of sp³-hybridized carbons (Fsp3) is 0.529. The van der Waals surface area contributed by atoms with E-state index in [0.717, 1.165) is 24.9 Å². The van der Waals surface area contributed by atoms with E-state index in [9.17, 15) is 4.79 Å². The maximum absolute atomic E-state index is 12.8. The third-order valence-electron chi connectivity index (χ3n) is 4.59. The predicted octanol–water partition coefficient (Wildman–Crippen LogP) is 1.37. The number of aromatic nitrogens is 4. The second kappa shape index (κ2) is 6.68. The Morgan fingerprint density at radius 2 is 2.04 bits per heavy atom. The van der Waals surface area contributed by atoms with E-state index in [0.29, 0.717) is 25.3 Å². The Morgan fingerprint density at radius 3 is 2.83 bits per heavy atom. The summed E-state index contributed by atoms with van der Waals surface area (Å²) in [6.07, 6.45) is 9.40. The number of rotatable bonds is 5. The number of fused-ring (bicyclic) bond motifs is 1. The zero-order chi connectivity index (χ0) is 16.4. The zero-order valence-electron chi connectivity index (χ0n) is 13.5. The van der Waals surface area contributed by atoms with Crippen molar-refractivity contribution in [1.29, 1.82) is 0 Å². The summed E-state index contributed by atoms with van der Waals surface area (Å²) in [5.41, 5.74) is 0.558. The van der Waals surface area contributed by atoms with Gasteiger partial charge in [0.1, 0.15) is 5.82 Å². The van der Waals surface area contributed by atoms with Gasteiger partial charge in [0, 0.05) is 38.0 Å². The van der Waals surface area contributed by atoms with Crippen LogP contribution in [-0.4, -0.2) is 50.3 Å². The molecule has 1 fully saturated rings. The maximum Gasteiger partial charge on any atom is 0.255 e. The fourth-order valence-corrected chi connectivity index (χ4v) is 3.09.